The fourth-order valence-corrected chi connectivity index (χ4v) is 2.04. The van der Waals surface area contributed by atoms with E-state index in [4.69, 9.17) is 10.8 Å². The lowest BCUT2D eigenvalue weighted by atomic mass is 10.1. The zero-order chi connectivity index (χ0) is 11.7. The number of carbonyl (C=O) groups excluding carboxylic acids is 1. The van der Waals surface area contributed by atoms with Crippen LogP contribution in [0.15, 0.2) is 0 Å². The van der Waals surface area contributed by atoms with Crippen molar-refractivity contribution in [2.24, 2.45) is 5.92 Å². The molecule has 1 atom stereocenters. The number of amides is 1. The van der Waals surface area contributed by atoms with E-state index >= 15 is 0 Å². The smallest absolute Gasteiger partial charge is 0.259 e. The quantitative estimate of drug-likeness (QED) is 0.645. The number of H-pyrrole nitrogens is 1. The number of aromatic amines is 1. The molecule has 0 saturated carbocycles. The summed E-state index contributed by atoms with van der Waals surface area (Å²) in [4.78, 5) is 13.8. The van der Waals surface area contributed by atoms with Gasteiger partial charge in [-0.25, -0.2) is 0 Å². The Balaban J connectivity index is 2.15. The molecule has 1 aliphatic heterocycles. The molecule has 2 heterocycles. The number of aliphatic hydroxyl groups is 1. The number of hydrogen-bond donors (Lipinski definition) is 3. The summed E-state index contributed by atoms with van der Waals surface area (Å²) in [5, 5.41) is 15.5. The Kier molecular flexibility index (Phi) is 2.82. The third-order valence-corrected chi connectivity index (χ3v) is 3.02. The van der Waals surface area contributed by atoms with Crippen LogP contribution in [0, 0.1) is 12.8 Å². The molecule has 1 fully saturated rings. The van der Waals surface area contributed by atoms with Crippen molar-refractivity contribution in [3.8, 4) is 0 Å². The summed E-state index contributed by atoms with van der Waals surface area (Å²) in [6.45, 7) is 3.17. The van der Waals surface area contributed by atoms with Crippen LogP contribution < -0.4 is 5.73 Å². The molecule has 1 aromatic rings. The van der Waals surface area contributed by atoms with E-state index in [2.05, 4.69) is 10.2 Å². The first-order valence-electron chi connectivity index (χ1n) is 5.34. The lowest BCUT2D eigenvalue weighted by Crippen LogP contribution is -2.30. The number of aromatic nitrogens is 2. The van der Waals surface area contributed by atoms with E-state index in [1.807, 2.05) is 0 Å². The molecule has 1 amide bonds. The Hall–Kier alpha value is -1.56. The summed E-state index contributed by atoms with van der Waals surface area (Å²) < 4.78 is 0. The van der Waals surface area contributed by atoms with Gasteiger partial charge in [0, 0.05) is 31.3 Å². The van der Waals surface area contributed by atoms with E-state index < -0.39 is 0 Å². The lowest BCUT2D eigenvalue weighted by molar-refractivity contribution is 0.0782. The minimum absolute atomic E-state index is 0.0975. The molecule has 6 nitrogen and oxygen atoms in total. The molecule has 2 rings (SSSR count). The highest BCUT2D eigenvalue weighted by Gasteiger charge is 2.29. The number of nitrogen functional groups attached to an aromatic ring is 1. The molecule has 0 aromatic carbocycles. The third-order valence-electron chi connectivity index (χ3n) is 3.02. The molecule has 1 aliphatic rings. The number of anilines is 1. The third kappa shape index (κ3) is 1.76. The van der Waals surface area contributed by atoms with Gasteiger partial charge in [-0.05, 0) is 13.3 Å². The molecule has 6 heteroatoms. The zero-order valence-corrected chi connectivity index (χ0v) is 9.23. The van der Waals surface area contributed by atoms with E-state index in [0.29, 0.717) is 24.3 Å². The normalized spacial score (nSPS) is 20.4. The minimum Gasteiger partial charge on any atom is -0.396 e. The van der Waals surface area contributed by atoms with Gasteiger partial charge in [-0.3, -0.25) is 9.89 Å². The maximum Gasteiger partial charge on any atom is 0.259 e. The predicted molar refractivity (Wildman–Crippen MR) is 58.8 cm³/mol. The van der Waals surface area contributed by atoms with E-state index in [9.17, 15) is 4.79 Å². The topological polar surface area (TPSA) is 95.2 Å². The largest absolute Gasteiger partial charge is 0.396 e. The second-order valence-electron chi connectivity index (χ2n) is 4.20. The van der Waals surface area contributed by atoms with Crippen LogP contribution in [0.3, 0.4) is 0 Å². The maximum atomic E-state index is 12.1. The van der Waals surface area contributed by atoms with Crippen LogP contribution in [-0.4, -0.2) is 45.8 Å². The average molecular weight is 224 g/mol. The highest BCUT2D eigenvalue weighted by atomic mass is 16.3. The summed E-state index contributed by atoms with van der Waals surface area (Å²) in [5.41, 5.74) is 6.78. The summed E-state index contributed by atoms with van der Waals surface area (Å²) in [6.07, 6.45) is 0.846. The number of nitrogens with zero attached hydrogens (tertiary/aromatic N) is 2. The van der Waals surface area contributed by atoms with E-state index in [1.54, 1.807) is 11.8 Å². The standard InChI is InChI=1S/C10H16N4O2/c1-6-8(9(11)13-12-6)10(16)14-3-2-7(4-14)5-15/h7,15H,2-5H2,1H3,(H3,11,12,13). The monoisotopic (exact) mass is 224 g/mol. The van der Waals surface area contributed by atoms with Gasteiger partial charge in [0.25, 0.3) is 5.91 Å². The van der Waals surface area contributed by atoms with E-state index in [-0.39, 0.29) is 24.2 Å². The van der Waals surface area contributed by atoms with Crippen LogP contribution in [0.1, 0.15) is 22.5 Å². The van der Waals surface area contributed by atoms with Crippen LogP contribution in [0.25, 0.3) is 0 Å². The Morgan fingerprint density at radius 3 is 3.00 bits per heavy atom. The van der Waals surface area contributed by atoms with Crippen LogP contribution in [0.5, 0.6) is 0 Å². The second-order valence-corrected chi connectivity index (χ2v) is 4.20. The van der Waals surface area contributed by atoms with Gasteiger partial charge in [0.15, 0.2) is 5.82 Å². The number of nitrogens with two attached hydrogens (primary N) is 1. The predicted octanol–water partition coefficient (Wildman–Crippen LogP) is -0.245. The van der Waals surface area contributed by atoms with Gasteiger partial charge >= 0.3 is 0 Å². The van der Waals surface area contributed by atoms with Gasteiger partial charge < -0.3 is 15.7 Å². The molecule has 16 heavy (non-hydrogen) atoms. The molecule has 0 aliphatic carbocycles. The van der Waals surface area contributed by atoms with Gasteiger partial charge in [0.1, 0.15) is 5.56 Å². The number of aryl methyl sites for hydroxylation is 1. The van der Waals surface area contributed by atoms with Crippen LogP contribution >= 0.6 is 0 Å². The fourth-order valence-electron chi connectivity index (χ4n) is 2.04. The maximum absolute atomic E-state index is 12.1. The van der Waals surface area contributed by atoms with E-state index in [1.165, 1.54) is 0 Å². The van der Waals surface area contributed by atoms with Gasteiger partial charge in [0.2, 0.25) is 0 Å². The Morgan fingerprint density at radius 2 is 2.50 bits per heavy atom. The highest BCUT2D eigenvalue weighted by Crippen LogP contribution is 2.21. The molecule has 4 N–H and O–H groups in total. The van der Waals surface area contributed by atoms with Crippen molar-refractivity contribution in [1.29, 1.82) is 0 Å². The first kappa shape index (κ1) is 10.9. The van der Waals surface area contributed by atoms with Gasteiger partial charge in [0.05, 0.1) is 0 Å². The van der Waals surface area contributed by atoms with Gasteiger partial charge in [-0.1, -0.05) is 0 Å². The van der Waals surface area contributed by atoms with Crippen molar-refractivity contribution < 1.29 is 9.90 Å². The first-order chi connectivity index (χ1) is 7.63. The van der Waals surface area contributed by atoms with Crippen molar-refractivity contribution in [2.75, 3.05) is 25.4 Å². The Bertz CT molecular complexity index is 382. The Labute approximate surface area is 93.4 Å². The summed E-state index contributed by atoms with van der Waals surface area (Å²) in [5.74, 6) is 0.340. The fraction of sp³-hybridized carbons (Fsp3) is 0.600. The number of hydrogen-bond acceptors (Lipinski definition) is 4. The molecular formula is C10H16N4O2. The molecule has 1 aromatic heterocycles. The molecule has 0 radical (unpaired) electrons. The van der Waals surface area contributed by atoms with Crippen LogP contribution in [0.2, 0.25) is 0 Å². The van der Waals surface area contributed by atoms with Crippen molar-refractivity contribution >= 4 is 11.7 Å². The van der Waals surface area contributed by atoms with Crippen molar-refractivity contribution in [3.05, 3.63) is 11.3 Å². The number of aliphatic hydroxyl groups excluding tert-OH is 1. The molecule has 1 unspecified atom stereocenters. The second kappa shape index (κ2) is 4.13. The van der Waals surface area contributed by atoms with Crippen LogP contribution in [0.4, 0.5) is 5.82 Å². The van der Waals surface area contributed by atoms with E-state index in [0.717, 1.165) is 6.42 Å². The number of likely N-dealkylation sites (tertiary alicyclic amines) is 1. The number of nitrogens with one attached hydrogen (secondary N) is 1. The SMILES string of the molecule is Cc1[nH]nc(N)c1C(=O)N1CCC(CO)C1. The average Bonchev–Trinajstić information content (AvgIpc) is 2.85. The van der Waals surface area contributed by atoms with Crippen molar-refractivity contribution in [2.45, 2.75) is 13.3 Å². The lowest BCUT2D eigenvalue weighted by Gasteiger charge is -2.15. The molecule has 0 spiro atoms. The minimum atomic E-state index is -0.0975. The highest BCUT2D eigenvalue weighted by molar-refractivity contribution is 5.99. The van der Waals surface area contributed by atoms with Crippen molar-refractivity contribution in [3.63, 3.8) is 0 Å². The van der Waals surface area contributed by atoms with Crippen molar-refractivity contribution in [1.82, 2.24) is 15.1 Å². The molecule has 88 valence electrons. The van der Waals surface area contributed by atoms with Gasteiger partial charge in [-0.15, -0.1) is 0 Å². The van der Waals surface area contributed by atoms with Crippen LogP contribution in [-0.2, 0) is 0 Å². The first-order valence-corrected chi connectivity index (χ1v) is 5.34. The molecule has 1 saturated heterocycles. The zero-order valence-electron chi connectivity index (χ0n) is 9.23. The number of rotatable bonds is 2. The van der Waals surface area contributed by atoms with Gasteiger partial charge in [-0.2, -0.15) is 5.10 Å². The summed E-state index contributed by atoms with van der Waals surface area (Å²) in [6, 6.07) is 0. The Morgan fingerprint density at radius 1 is 1.75 bits per heavy atom. The number of carbonyl (C=O) groups is 1. The molecule has 0 bridgehead atoms. The molecular weight excluding hydrogens is 208 g/mol. The summed E-state index contributed by atoms with van der Waals surface area (Å²) in [7, 11) is 0. The summed E-state index contributed by atoms with van der Waals surface area (Å²) >= 11 is 0.